The van der Waals surface area contributed by atoms with Gasteiger partial charge in [0.1, 0.15) is 4.34 Å². The first kappa shape index (κ1) is 11.3. The van der Waals surface area contributed by atoms with Crippen LogP contribution < -0.4 is 5.32 Å². The van der Waals surface area contributed by atoms with Gasteiger partial charge < -0.3 is 10.1 Å². The van der Waals surface area contributed by atoms with Crippen LogP contribution in [0.4, 0.5) is 0 Å². The number of hydrogen-bond acceptors (Lipinski definition) is 4. The average molecular weight is 247 g/mol. The van der Waals surface area contributed by atoms with E-state index in [1.54, 1.807) is 24.6 Å². The zero-order chi connectivity index (χ0) is 10.7. The van der Waals surface area contributed by atoms with Gasteiger partial charge in [0.05, 0.1) is 17.8 Å². The van der Waals surface area contributed by atoms with E-state index in [1.165, 1.54) is 11.4 Å². The molecule has 0 radical (unpaired) electrons. The first-order chi connectivity index (χ1) is 7.31. The number of hydrogen-bond donors (Lipinski definition) is 1. The van der Waals surface area contributed by atoms with Crippen LogP contribution in [0.2, 0.25) is 4.34 Å². The minimum Gasteiger partial charge on any atom is -0.383 e. The summed E-state index contributed by atoms with van der Waals surface area (Å²) in [7, 11) is 1.72. The standard InChI is InChI=1S/C10H15ClN2OS/c1-14-3-2-12-5-7-4-8(7)10-13-6-9(11)15-10/h6-8,12H,2-5H2,1H3. The maximum atomic E-state index is 5.85. The van der Waals surface area contributed by atoms with Gasteiger partial charge in [-0.05, 0) is 18.9 Å². The third-order valence-corrected chi connectivity index (χ3v) is 3.87. The van der Waals surface area contributed by atoms with Gasteiger partial charge in [-0.15, -0.1) is 11.3 Å². The van der Waals surface area contributed by atoms with Crippen molar-refractivity contribution in [3.8, 4) is 0 Å². The SMILES string of the molecule is COCCNCC1CC1c1ncc(Cl)s1. The van der Waals surface area contributed by atoms with Gasteiger partial charge in [-0.3, -0.25) is 0 Å². The molecule has 0 bridgehead atoms. The van der Waals surface area contributed by atoms with Gasteiger partial charge in [-0.1, -0.05) is 11.6 Å². The molecule has 2 unspecified atom stereocenters. The zero-order valence-corrected chi connectivity index (χ0v) is 10.3. The molecule has 1 aromatic heterocycles. The number of thiazole rings is 1. The molecule has 1 N–H and O–H groups in total. The Morgan fingerprint density at radius 2 is 2.60 bits per heavy atom. The summed E-state index contributed by atoms with van der Waals surface area (Å²) < 4.78 is 5.76. The maximum absolute atomic E-state index is 5.85. The van der Waals surface area contributed by atoms with Gasteiger partial charge in [-0.2, -0.15) is 0 Å². The lowest BCUT2D eigenvalue weighted by atomic mass is 10.3. The van der Waals surface area contributed by atoms with Crippen molar-refractivity contribution in [1.82, 2.24) is 10.3 Å². The van der Waals surface area contributed by atoms with Crippen molar-refractivity contribution in [2.45, 2.75) is 12.3 Å². The molecule has 0 saturated heterocycles. The summed E-state index contributed by atoms with van der Waals surface area (Å²) >= 11 is 7.46. The highest BCUT2D eigenvalue weighted by Gasteiger charge is 2.39. The molecule has 0 spiro atoms. The number of methoxy groups -OCH3 is 1. The Labute approximate surface area is 98.8 Å². The molecule has 0 aromatic carbocycles. The Hall–Kier alpha value is -0.160. The minimum atomic E-state index is 0.637. The second-order valence-electron chi connectivity index (χ2n) is 3.80. The van der Waals surface area contributed by atoms with Crippen molar-refractivity contribution in [2.24, 2.45) is 5.92 Å². The van der Waals surface area contributed by atoms with Crippen molar-refractivity contribution in [2.75, 3.05) is 26.8 Å². The first-order valence-electron chi connectivity index (χ1n) is 5.12. The lowest BCUT2D eigenvalue weighted by molar-refractivity contribution is 0.199. The van der Waals surface area contributed by atoms with Gasteiger partial charge in [0.2, 0.25) is 0 Å². The summed E-state index contributed by atoms with van der Waals surface area (Å²) in [4.78, 5) is 4.31. The predicted octanol–water partition coefficient (Wildman–Crippen LogP) is 2.14. The number of nitrogens with one attached hydrogen (secondary N) is 1. The van der Waals surface area contributed by atoms with E-state index in [9.17, 15) is 0 Å². The van der Waals surface area contributed by atoms with E-state index in [4.69, 9.17) is 16.3 Å². The van der Waals surface area contributed by atoms with Gasteiger partial charge >= 0.3 is 0 Å². The molecule has 0 aliphatic heterocycles. The van der Waals surface area contributed by atoms with Crippen LogP contribution in [-0.4, -0.2) is 31.8 Å². The third-order valence-electron chi connectivity index (χ3n) is 2.62. The van der Waals surface area contributed by atoms with Crippen molar-refractivity contribution < 1.29 is 4.74 Å². The summed E-state index contributed by atoms with van der Waals surface area (Å²) in [5.74, 6) is 1.38. The molecule has 1 aromatic rings. The number of nitrogens with zero attached hydrogens (tertiary/aromatic N) is 1. The van der Waals surface area contributed by atoms with Crippen molar-refractivity contribution in [1.29, 1.82) is 0 Å². The fraction of sp³-hybridized carbons (Fsp3) is 0.700. The van der Waals surface area contributed by atoms with E-state index in [0.717, 1.165) is 30.0 Å². The van der Waals surface area contributed by atoms with Crippen LogP contribution in [0, 0.1) is 5.92 Å². The number of rotatable bonds is 6. The molecule has 2 atom stereocenters. The van der Waals surface area contributed by atoms with Crippen molar-refractivity contribution in [3.05, 3.63) is 15.5 Å². The molecule has 5 heteroatoms. The minimum absolute atomic E-state index is 0.637. The summed E-state index contributed by atoms with van der Waals surface area (Å²) in [5, 5.41) is 4.57. The highest BCUT2D eigenvalue weighted by Crippen LogP contribution is 2.48. The van der Waals surface area contributed by atoms with E-state index < -0.39 is 0 Å². The average Bonchev–Trinajstić information content (AvgIpc) is 2.88. The quantitative estimate of drug-likeness (QED) is 0.781. The first-order valence-corrected chi connectivity index (χ1v) is 6.31. The third kappa shape index (κ3) is 3.14. The van der Waals surface area contributed by atoms with Gasteiger partial charge in [0, 0.05) is 19.6 Å². The zero-order valence-electron chi connectivity index (χ0n) is 8.70. The molecule has 1 aliphatic carbocycles. The lowest BCUT2D eigenvalue weighted by Gasteiger charge is -2.01. The Kier molecular flexibility index (Phi) is 3.97. The highest BCUT2D eigenvalue weighted by molar-refractivity contribution is 7.15. The monoisotopic (exact) mass is 246 g/mol. The lowest BCUT2D eigenvalue weighted by Crippen LogP contribution is -2.21. The van der Waals surface area contributed by atoms with Crippen molar-refractivity contribution >= 4 is 22.9 Å². The summed E-state index contributed by atoms with van der Waals surface area (Å²) in [6.07, 6.45) is 2.99. The van der Waals surface area contributed by atoms with Crippen LogP contribution in [0.5, 0.6) is 0 Å². The Balaban J connectivity index is 1.68. The molecule has 0 amide bonds. The van der Waals surface area contributed by atoms with Crippen LogP contribution in [0.1, 0.15) is 17.3 Å². The van der Waals surface area contributed by atoms with Crippen LogP contribution in [0.15, 0.2) is 6.20 Å². The predicted molar refractivity (Wildman–Crippen MR) is 62.7 cm³/mol. The molecule has 2 rings (SSSR count). The van der Waals surface area contributed by atoms with Crippen LogP contribution in [-0.2, 0) is 4.74 Å². The van der Waals surface area contributed by atoms with Gasteiger partial charge in [0.15, 0.2) is 0 Å². The van der Waals surface area contributed by atoms with Crippen LogP contribution in [0.3, 0.4) is 0 Å². The van der Waals surface area contributed by atoms with Gasteiger partial charge in [-0.25, -0.2) is 4.98 Å². The molecule has 1 saturated carbocycles. The summed E-state index contributed by atoms with van der Waals surface area (Å²) in [6.45, 7) is 2.77. The van der Waals surface area contributed by atoms with E-state index in [1.807, 2.05) is 0 Å². The topological polar surface area (TPSA) is 34.1 Å². The second-order valence-corrected chi connectivity index (χ2v) is 5.50. The summed E-state index contributed by atoms with van der Waals surface area (Å²) in [5.41, 5.74) is 0. The molecule has 15 heavy (non-hydrogen) atoms. The molecule has 1 fully saturated rings. The largest absolute Gasteiger partial charge is 0.383 e. The molecular formula is C10H15ClN2OS. The molecular weight excluding hydrogens is 232 g/mol. The fourth-order valence-electron chi connectivity index (χ4n) is 1.68. The highest BCUT2D eigenvalue weighted by atomic mass is 35.5. The summed E-state index contributed by atoms with van der Waals surface area (Å²) in [6, 6.07) is 0. The van der Waals surface area contributed by atoms with Gasteiger partial charge in [0.25, 0.3) is 0 Å². The molecule has 84 valence electrons. The molecule has 3 nitrogen and oxygen atoms in total. The van der Waals surface area contributed by atoms with E-state index in [-0.39, 0.29) is 0 Å². The Morgan fingerprint density at radius 1 is 1.73 bits per heavy atom. The Bertz CT molecular complexity index is 318. The van der Waals surface area contributed by atoms with E-state index in [2.05, 4.69) is 10.3 Å². The fourth-order valence-corrected chi connectivity index (χ4v) is 2.81. The molecule has 1 heterocycles. The second kappa shape index (κ2) is 5.25. The van der Waals surface area contributed by atoms with Crippen LogP contribution in [0.25, 0.3) is 0 Å². The van der Waals surface area contributed by atoms with E-state index in [0.29, 0.717) is 5.92 Å². The van der Waals surface area contributed by atoms with E-state index >= 15 is 0 Å². The normalized spacial score (nSPS) is 24.4. The number of halogens is 1. The van der Waals surface area contributed by atoms with Crippen molar-refractivity contribution in [3.63, 3.8) is 0 Å². The maximum Gasteiger partial charge on any atom is 0.113 e. The number of ether oxygens (including phenoxy) is 1. The smallest absolute Gasteiger partial charge is 0.113 e. The van der Waals surface area contributed by atoms with Crippen LogP contribution >= 0.6 is 22.9 Å². The Morgan fingerprint density at radius 3 is 3.27 bits per heavy atom. The number of aromatic nitrogens is 1. The molecule has 1 aliphatic rings.